The van der Waals surface area contributed by atoms with Gasteiger partial charge in [0.05, 0.1) is 6.61 Å². The molecule has 0 fully saturated rings. The Bertz CT molecular complexity index is 418. The fourth-order valence-corrected chi connectivity index (χ4v) is 1.30. The quantitative estimate of drug-likeness (QED) is 0.567. The summed E-state index contributed by atoms with van der Waals surface area (Å²) in [4.78, 5) is 20.4. The van der Waals surface area contributed by atoms with Crippen LogP contribution in [0.4, 0.5) is 0 Å². The molecule has 6 nitrogen and oxygen atoms in total. The van der Waals surface area contributed by atoms with E-state index in [1.165, 1.54) is 0 Å². The van der Waals surface area contributed by atoms with Crippen LogP contribution in [0, 0.1) is 0 Å². The molecular formula is C11H14N2O4. The number of nitrogens with zero attached hydrogens (tertiary/aromatic N) is 1. The maximum atomic E-state index is 11.1. The number of carboxylic acid groups (broad SMARTS) is 1. The highest BCUT2D eigenvalue weighted by molar-refractivity contribution is 6.42. The molecule has 0 bridgehead atoms. The van der Waals surface area contributed by atoms with E-state index in [0.29, 0.717) is 17.7 Å². The molecule has 0 atom stereocenters. The zero-order valence-corrected chi connectivity index (χ0v) is 9.42. The van der Waals surface area contributed by atoms with E-state index in [-0.39, 0.29) is 12.3 Å². The number of carboxylic acids is 1. The summed E-state index contributed by atoms with van der Waals surface area (Å²) in [5.74, 6) is 3.82. The summed E-state index contributed by atoms with van der Waals surface area (Å²) in [5, 5.41) is 12.6. The maximum Gasteiger partial charge on any atom is 0.358 e. The predicted octanol–water partition coefficient (Wildman–Crippen LogP) is 0.902. The van der Waals surface area contributed by atoms with E-state index >= 15 is 0 Å². The third-order valence-electron chi connectivity index (χ3n) is 2.00. The molecule has 0 saturated carbocycles. The molecule has 1 rings (SSSR count). The number of hydrogen-bond donors (Lipinski definition) is 2. The monoisotopic (exact) mass is 238 g/mol. The molecule has 0 aliphatic rings. The normalized spacial score (nSPS) is 11.3. The Kier molecular flexibility index (Phi) is 5.12. The molecule has 1 aromatic carbocycles. The topological polar surface area (TPSA) is 94.1 Å². The van der Waals surface area contributed by atoms with Gasteiger partial charge in [-0.05, 0) is 12.5 Å². The number of aliphatic carboxylic acids is 1. The van der Waals surface area contributed by atoms with Gasteiger partial charge in [-0.2, -0.15) is 0 Å². The van der Waals surface area contributed by atoms with Gasteiger partial charge in [-0.1, -0.05) is 29.4 Å². The Balaban J connectivity index is 3.13. The van der Waals surface area contributed by atoms with E-state index in [4.69, 9.17) is 15.8 Å². The molecule has 3 N–H and O–H groups in total. The average Bonchev–Trinajstić information content (AvgIpc) is 2.31. The van der Waals surface area contributed by atoms with E-state index in [2.05, 4.69) is 9.99 Å². The van der Waals surface area contributed by atoms with Crippen LogP contribution >= 0.6 is 0 Å². The van der Waals surface area contributed by atoms with Crippen molar-refractivity contribution >= 4 is 11.7 Å². The number of hydrogen-bond acceptors (Lipinski definition) is 5. The summed E-state index contributed by atoms with van der Waals surface area (Å²) in [7, 11) is 0. The second kappa shape index (κ2) is 6.62. The van der Waals surface area contributed by atoms with Gasteiger partial charge < -0.3 is 9.94 Å². The molecule has 17 heavy (non-hydrogen) atoms. The fourth-order valence-electron chi connectivity index (χ4n) is 1.30. The third kappa shape index (κ3) is 3.54. The van der Waals surface area contributed by atoms with Gasteiger partial charge in [-0.3, -0.25) is 4.84 Å². The van der Waals surface area contributed by atoms with E-state index < -0.39 is 5.97 Å². The average molecular weight is 238 g/mol. The van der Waals surface area contributed by atoms with Crippen LogP contribution in [-0.2, 0) is 21.1 Å². The second-order valence-electron chi connectivity index (χ2n) is 3.13. The Hall–Kier alpha value is -1.92. The first-order valence-corrected chi connectivity index (χ1v) is 5.03. The summed E-state index contributed by atoms with van der Waals surface area (Å²) >= 11 is 0. The second-order valence-corrected chi connectivity index (χ2v) is 3.13. The molecular weight excluding hydrogens is 224 g/mol. The van der Waals surface area contributed by atoms with Crippen LogP contribution < -0.4 is 5.90 Å². The van der Waals surface area contributed by atoms with Crippen molar-refractivity contribution in [2.45, 2.75) is 13.5 Å². The largest absolute Gasteiger partial charge is 0.476 e. The van der Waals surface area contributed by atoms with Gasteiger partial charge in [0.25, 0.3) is 0 Å². The standard InChI is InChI=1S/C11H14N2O4/c1-2-17-13-10(11(14)15)9-6-4-3-5-8(9)7-16-12/h3-6H,2,7,12H2,1H3,(H,14,15)/b13-10+. The van der Waals surface area contributed by atoms with E-state index in [9.17, 15) is 4.79 Å². The highest BCUT2D eigenvalue weighted by Crippen LogP contribution is 2.11. The lowest BCUT2D eigenvalue weighted by molar-refractivity contribution is -0.129. The first-order chi connectivity index (χ1) is 8.20. The van der Waals surface area contributed by atoms with Crippen molar-refractivity contribution in [3.63, 3.8) is 0 Å². The van der Waals surface area contributed by atoms with Gasteiger partial charge in [0.2, 0.25) is 0 Å². The smallest absolute Gasteiger partial charge is 0.358 e. The highest BCUT2D eigenvalue weighted by atomic mass is 16.6. The molecule has 0 aliphatic carbocycles. The van der Waals surface area contributed by atoms with Crippen LogP contribution in [0.2, 0.25) is 0 Å². The fraction of sp³-hybridized carbons (Fsp3) is 0.273. The maximum absolute atomic E-state index is 11.1. The number of rotatable bonds is 6. The van der Waals surface area contributed by atoms with Crippen LogP contribution in [0.3, 0.4) is 0 Å². The van der Waals surface area contributed by atoms with E-state index in [0.717, 1.165) is 0 Å². The van der Waals surface area contributed by atoms with Crippen LogP contribution in [0.25, 0.3) is 0 Å². The lowest BCUT2D eigenvalue weighted by Gasteiger charge is -2.07. The molecule has 1 aromatic rings. The summed E-state index contributed by atoms with van der Waals surface area (Å²) < 4.78 is 0. The zero-order valence-electron chi connectivity index (χ0n) is 9.42. The molecule has 0 spiro atoms. The minimum absolute atomic E-state index is 0.106. The van der Waals surface area contributed by atoms with Gasteiger partial charge in [-0.25, -0.2) is 10.7 Å². The molecule has 0 unspecified atom stereocenters. The minimum Gasteiger partial charge on any atom is -0.476 e. The van der Waals surface area contributed by atoms with Crippen molar-refractivity contribution in [2.24, 2.45) is 11.1 Å². The van der Waals surface area contributed by atoms with Crippen molar-refractivity contribution in [3.8, 4) is 0 Å². The molecule has 0 heterocycles. The molecule has 0 aromatic heterocycles. The number of nitrogens with two attached hydrogens (primary N) is 1. The van der Waals surface area contributed by atoms with Crippen LogP contribution in [0.1, 0.15) is 18.1 Å². The molecule has 0 radical (unpaired) electrons. The first kappa shape index (κ1) is 13.1. The molecule has 0 aliphatic heterocycles. The SMILES string of the molecule is CCO/N=C(/C(=O)O)c1ccccc1CON. The minimum atomic E-state index is -1.16. The predicted molar refractivity (Wildman–Crippen MR) is 61.2 cm³/mol. The lowest BCUT2D eigenvalue weighted by atomic mass is 10.0. The van der Waals surface area contributed by atoms with E-state index in [1.807, 2.05) is 0 Å². The van der Waals surface area contributed by atoms with Gasteiger partial charge in [-0.15, -0.1) is 0 Å². The molecule has 92 valence electrons. The Morgan fingerprint density at radius 3 is 2.76 bits per heavy atom. The van der Waals surface area contributed by atoms with Crippen LogP contribution in [-0.4, -0.2) is 23.4 Å². The molecule has 0 saturated heterocycles. The first-order valence-electron chi connectivity index (χ1n) is 5.03. The highest BCUT2D eigenvalue weighted by Gasteiger charge is 2.17. The van der Waals surface area contributed by atoms with Crippen molar-refractivity contribution in [1.82, 2.24) is 0 Å². The van der Waals surface area contributed by atoms with Crippen LogP contribution in [0.5, 0.6) is 0 Å². The van der Waals surface area contributed by atoms with Crippen molar-refractivity contribution < 1.29 is 19.6 Å². The van der Waals surface area contributed by atoms with Crippen molar-refractivity contribution in [1.29, 1.82) is 0 Å². The third-order valence-corrected chi connectivity index (χ3v) is 2.00. The number of benzene rings is 1. The van der Waals surface area contributed by atoms with E-state index in [1.54, 1.807) is 31.2 Å². The van der Waals surface area contributed by atoms with Gasteiger partial charge in [0.15, 0.2) is 5.71 Å². The van der Waals surface area contributed by atoms with Crippen LogP contribution in [0.15, 0.2) is 29.4 Å². The van der Waals surface area contributed by atoms with Crippen molar-refractivity contribution in [2.75, 3.05) is 6.61 Å². The van der Waals surface area contributed by atoms with Crippen molar-refractivity contribution in [3.05, 3.63) is 35.4 Å². The van der Waals surface area contributed by atoms with Gasteiger partial charge in [0, 0.05) is 5.56 Å². The summed E-state index contributed by atoms with van der Waals surface area (Å²) in [5.41, 5.74) is 0.897. The number of carbonyl (C=O) groups is 1. The summed E-state index contributed by atoms with van der Waals surface area (Å²) in [6, 6.07) is 6.81. The molecule has 6 heteroatoms. The Labute approximate surface area is 98.6 Å². The summed E-state index contributed by atoms with van der Waals surface area (Å²) in [6.45, 7) is 2.12. The number of oxime groups is 1. The lowest BCUT2D eigenvalue weighted by Crippen LogP contribution is -2.18. The summed E-state index contributed by atoms with van der Waals surface area (Å²) in [6.07, 6.45) is 0. The Morgan fingerprint density at radius 2 is 2.18 bits per heavy atom. The van der Waals surface area contributed by atoms with Gasteiger partial charge in [0.1, 0.15) is 6.61 Å². The van der Waals surface area contributed by atoms with Gasteiger partial charge >= 0.3 is 5.97 Å². The zero-order chi connectivity index (χ0) is 12.7. The molecule has 0 amide bonds. The Morgan fingerprint density at radius 1 is 1.47 bits per heavy atom.